The molecule has 5 nitrogen and oxygen atoms in total. The smallest absolute Gasteiger partial charge is 0.331 e. The molecule has 0 spiro atoms. The van der Waals surface area contributed by atoms with E-state index in [4.69, 9.17) is 5.11 Å². The fourth-order valence-electron chi connectivity index (χ4n) is 1.92. The summed E-state index contributed by atoms with van der Waals surface area (Å²) in [5.74, 6) is -1.44. The second-order valence-electron chi connectivity index (χ2n) is 4.55. The van der Waals surface area contributed by atoms with Gasteiger partial charge in [0.15, 0.2) is 0 Å². The van der Waals surface area contributed by atoms with Crippen molar-refractivity contribution in [2.45, 2.75) is 51.7 Å². The maximum atomic E-state index is 11.7. The molecule has 17 heavy (non-hydrogen) atoms. The minimum Gasteiger partial charge on any atom is -0.478 e. The molecule has 0 radical (unpaired) electrons. The van der Waals surface area contributed by atoms with E-state index in [1.54, 1.807) is 0 Å². The molecule has 1 aliphatic rings. The largest absolute Gasteiger partial charge is 0.478 e. The zero-order valence-electron chi connectivity index (χ0n) is 10.2. The molecule has 1 aliphatic carbocycles. The van der Waals surface area contributed by atoms with Gasteiger partial charge in [-0.3, -0.25) is 4.79 Å². The first kappa shape index (κ1) is 13.7. The molecule has 0 aromatic carbocycles. The van der Waals surface area contributed by atoms with Gasteiger partial charge in [-0.1, -0.05) is 0 Å². The summed E-state index contributed by atoms with van der Waals surface area (Å²) < 4.78 is 0. The van der Waals surface area contributed by atoms with Crippen LogP contribution < -0.4 is 5.32 Å². The number of aliphatic hydroxyl groups excluding tert-OH is 1. The number of aliphatic hydroxyl groups is 1. The molecule has 0 saturated heterocycles. The van der Waals surface area contributed by atoms with Gasteiger partial charge in [-0.05, 0) is 39.5 Å². The zero-order valence-corrected chi connectivity index (χ0v) is 10.2. The molecule has 0 aromatic heterocycles. The molecule has 0 heterocycles. The number of carboxylic acid groups (broad SMARTS) is 1. The Morgan fingerprint density at radius 3 is 2.35 bits per heavy atom. The van der Waals surface area contributed by atoms with Gasteiger partial charge in [-0.25, -0.2) is 4.79 Å². The average molecular weight is 241 g/mol. The predicted molar refractivity (Wildman–Crippen MR) is 62.4 cm³/mol. The first-order chi connectivity index (χ1) is 7.91. The number of hydrogen-bond donors (Lipinski definition) is 3. The summed E-state index contributed by atoms with van der Waals surface area (Å²) in [4.78, 5) is 22.5. The van der Waals surface area contributed by atoms with Crippen molar-refractivity contribution >= 4 is 11.9 Å². The minimum absolute atomic E-state index is 0.0530. The van der Waals surface area contributed by atoms with Gasteiger partial charge in [0, 0.05) is 17.2 Å². The van der Waals surface area contributed by atoms with Crippen molar-refractivity contribution in [2.75, 3.05) is 0 Å². The molecule has 2 unspecified atom stereocenters. The van der Waals surface area contributed by atoms with Crippen LogP contribution in [0, 0.1) is 0 Å². The van der Waals surface area contributed by atoms with E-state index in [-0.39, 0.29) is 29.2 Å². The molecular weight excluding hydrogens is 222 g/mol. The van der Waals surface area contributed by atoms with E-state index in [0.29, 0.717) is 6.42 Å². The van der Waals surface area contributed by atoms with Crippen molar-refractivity contribution < 1.29 is 19.8 Å². The van der Waals surface area contributed by atoms with Gasteiger partial charge < -0.3 is 15.5 Å². The second-order valence-corrected chi connectivity index (χ2v) is 4.55. The zero-order chi connectivity index (χ0) is 13.0. The Hall–Kier alpha value is -1.36. The van der Waals surface area contributed by atoms with Crippen molar-refractivity contribution in [1.82, 2.24) is 5.32 Å². The maximum absolute atomic E-state index is 11.7. The summed E-state index contributed by atoms with van der Waals surface area (Å²) in [6, 6.07) is -0.0530. The molecule has 2 atom stereocenters. The molecule has 1 amide bonds. The van der Waals surface area contributed by atoms with Crippen LogP contribution in [0.15, 0.2) is 11.1 Å². The summed E-state index contributed by atoms with van der Waals surface area (Å²) in [5.41, 5.74) is 0.274. The molecular formula is C12H19NO4. The Kier molecular flexibility index (Phi) is 4.69. The molecule has 1 saturated carbocycles. The Balaban J connectivity index is 2.60. The van der Waals surface area contributed by atoms with Crippen LogP contribution in [0.2, 0.25) is 0 Å². The molecule has 96 valence electrons. The van der Waals surface area contributed by atoms with Crippen molar-refractivity contribution in [3.63, 3.8) is 0 Å². The van der Waals surface area contributed by atoms with E-state index >= 15 is 0 Å². The number of rotatable bonds is 3. The molecule has 3 N–H and O–H groups in total. The van der Waals surface area contributed by atoms with Gasteiger partial charge in [0.25, 0.3) is 0 Å². The van der Waals surface area contributed by atoms with Crippen LogP contribution >= 0.6 is 0 Å². The summed E-state index contributed by atoms with van der Waals surface area (Å²) >= 11 is 0. The lowest BCUT2D eigenvalue weighted by Crippen LogP contribution is -2.40. The molecule has 5 heteroatoms. The number of nitrogens with one attached hydrogen (secondary N) is 1. The summed E-state index contributed by atoms with van der Waals surface area (Å²) in [7, 11) is 0. The van der Waals surface area contributed by atoms with Crippen molar-refractivity contribution in [1.29, 1.82) is 0 Å². The number of amides is 1. The van der Waals surface area contributed by atoms with Crippen LogP contribution in [-0.4, -0.2) is 34.2 Å². The number of hydrogen-bond acceptors (Lipinski definition) is 3. The number of carboxylic acids is 1. The van der Waals surface area contributed by atoms with E-state index in [2.05, 4.69) is 5.32 Å². The van der Waals surface area contributed by atoms with E-state index in [0.717, 1.165) is 19.3 Å². The average Bonchev–Trinajstić information content (AvgIpc) is 2.26. The molecule has 1 fully saturated rings. The van der Waals surface area contributed by atoms with Gasteiger partial charge >= 0.3 is 5.97 Å². The Morgan fingerprint density at radius 2 is 1.82 bits per heavy atom. The minimum atomic E-state index is -1.08. The van der Waals surface area contributed by atoms with Gasteiger partial charge in [-0.2, -0.15) is 0 Å². The lowest BCUT2D eigenvalue weighted by atomic mass is 9.93. The van der Waals surface area contributed by atoms with Crippen molar-refractivity contribution in [3.8, 4) is 0 Å². The van der Waals surface area contributed by atoms with Gasteiger partial charge in [0.2, 0.25) is 5.91 Å². The molecule has 1 rings (SSSR count). The van der Waals surface area contributed by atoms with Crippen LogP contribution in [-0.2, 0) is 9.59 Å². The van der Waals surface area contributed by atoms with E-state index in [1.165, 1.54) is 13.8 Å². The molecule has 0 bridgehead atoms. The SMILES string of the molecule is CC(C(=O)O)=C(C)C(=O)NC1CCCC(O)C1. The van der Waals surface area contributed by atoms with Crippen LogP contribution in [0.4, 0.5) is 0 Å². The quantitative estimate of drug-likeness (QED) is 0.639. The second kappa shape index (κ2) is 5.82. The standard InChI is InChI=1S/C12H19NO4/c1-7(8(2)12(16)17)11(15)13-9-4-3-5-10(14)6-9/h9-10,14H,3-6H2,1-2H3,(H,13,15)(H,16,17). The molecule has 0 aliphatic heterocycles. The number of carbonyl (C=O) groups excluding carboxylic acids is 1. The number of aliphatic carboxylic acids is 1. The summed E-state index contributed by atoms with van der Waals surface area (Å²) in [6.07, 6.45) is 2.68. The monoisotopic (exact) mass is 241 g/mol. The normalized spacial score (nSPS) is 26.1. The topological polar surface area (TPSA) is 86.6 Å². The first-order valence-electron chi connectivity index (χ1n) is 5.81. The van der Waals surface area contributed by atoms with Crippen LogP contribution in [0.3, 0.4) is 0 Å². The van der Waals surface area contributed by atoms with E-state index in [1.807, 2.05) is 0 Å². The molecule has 0 aromatic rings. The third-order valence-corrected chi connectivity index (χ3v) is 3.21. The Morgan fingerprint density at radius 1 is 1.18 bits per heavy atom. The highest BCUT2D eigenvalue weighted by Crippen LogP contribution is 2.18. The highest BCUT2D eigenvalue weighted by molar-refractivity contribution is 6.01. The fraction of sp³-hybridized carbons (Fsp3) is 0.667. The third kappa shape index (κ3) is 3.85. The fourth-order valence-corrected chi connectivity index (χ4v) is 1.92. The van der Waals surface area contributed by atoms with Crippen molar-refractivity contribution in [3.05, 3.63) is 11.1 Å². The van der Waals surface area contributed by atoms with Crippen LogP contribution in [0.25, 0.3) is 0 Å². The highest BCUT2D eigenvalue weighted by atomic mass is 16.4. The number of carbonyl (C=O) groups is 2. The van der Waals surface area contributed by atoms with Crippen LogP contribution in [0.5, 0.6) is 0 Å². The van der Waals surface area contributed by atoms with Crippen molar-refractivity contribution in [2.24, 2.45) is 0 Å². The summed E-state index contributed by atoms with van der Waals surface area (Å²) in [5, 5.41) is 21.0. The Bertz CT molecular complexity index is 348. The van der Waals surface area contributed by atoms with Gasteiger partial charge in [-0.15, -0.1) is 0 Å². The highest BCUT2D eigenvalue weighted by Gasteiger charge is 2.22. The van der Waals surface area contributed by atoms with Gasteiger partial charge in [0.05, 0.1) is 6.10 Å². The third-order valence-electron chi connectivity index (χ3n) is 3.21. The summed E-state index contributed by atoms with van der Waals surface area (Å²) in [6.45, 7) is 2.91. The lowest BCUT2D eigenvalue weighted by molar-refractivity contribution is -0.133. The lowest BCUT2D eigenvalue weighted by Gasteiger charge is -2.26. The van der Waals surface area contributed by atoms with E-state index < -0.39 is 5.97 Å². The van der Waals surface area contributed by atoms with Gasteiger partial charge in [0.1, 0.15) is 0 Å². The predicted octanol–water partition coefficient (Wildman–Crippen LogP) is 0.827. The van der Waals surface area contributed by atoms with E-state index in [9.17, 15) is 14.7 Å². The Labute approximate surface area is 101 Å². The first-order valence-corrected chi connectivity index (χ1v) is 5.81. The maximum Gasteiger partial charge on any atom is 0.331 e. The van der Waals surface area contributed by atoms with Crippen LogP contribution in [0.1, 0.15) is 39.5 Å².